The molecule has 136 valence electrons. The van der Waals surface area contributed by atoms with E-state index in [4.69, 9.17) is 0 Å². The minimum absolute atomic E-state index is 0. The fourth-order valence-corrected chi connectivity index (χ4v) is 6.01. The number of nitrogens with zero attached hydrogens (tertiary/aromatic N) is 3. The van der Waals surface area contributed by atoms with Gasteiger partial charge in [0.2, 0.25) is 0 Å². The van der Waals surface area contributed by atoms with Crippen LogP contribution in [0.1, 0.15) is 42.0 Å². The van der Waals surface area contributed by atoms with Crippen LogP contribution in [0.5, 0.6) is 0 Å². The molecule has 2 aliphatic rings. The summed E-state index contributed by atoms with van der Waals surface area (Å²) in [4.78, 5) is 12.7. The molecule has 0 radical (unpaired) electrons. The largest absolute Gasteiger partial charge is 0.356 e. The lowest BCUT2D eigenvalue weighted by molar-refractivity contribution is 0.293. The molecule has 24 heavy (non-hydrogen) atoms. The van der Waals surface area contributed by atoms with Crippen molar-refractivity contribution in [1.29, 1.82) is 0 Å². The second-order valence-electron chi connectivity index (χ2n) is 6.60. The van der Waals surface area contributed by atoms with Crippen LogP contribution in [0, 0.1) is 6.92 Å². The fourth-order valence-electron chi connectivity index (χ4n) is 3.65. The van der Waals surface area contributed by atoms with Crippen molar-refractivity contribution in [1.82, 2.24) is 15.2 Å². The Morgan fingerprint density at radius 1 is 1.38 bits per heavy atom. The maximum Gasteiger partial charge on any atom is 0.193 e. The van der Waals surface area contributed by atoms with E-state index in [0.29, 0.717) is 4.75 Å². The lowest BCUT2D eigenvalue weighted by Gasteiger charge is -2.45. The van der Waals surface area contributed by atoms with Gasteiger partial charge in [-0.25, -0.2) is 4.98 Å². The van der Waals surface area contributed by atoms with Crippen LogP contribution in [-0.2, 0) is 6.42 Å². The number of hydrogen-bond acceptors (Lipinski definition) is 4. The lowest BCUT2D eigenvalue weighted by Crippen LogP contribution is -2.53. The Morgan fingerprint density at radius 3 is 2.83 bits per heavy atom. The van der Waals surface area contributed by atoms with E-state index in [2.05, 4.69) is 38.9 Å². The molecule has 1 aliphatic heterocycles. The summed E-state index contributed by atoms with van der Waals surface area (Å²) in [5, 5.41) is 4.76. The second kappa shape index (κ2) is 9.62. The number of guanidine groups is 1. The highest BCUT2D eigenvalue weighted by atomic mass is 127. The molecule has 0 amide bonds. The Balaban J connectivity index is 0.00000208. The van der Waals surface area contributed by atoms with Crippen LogP contribution in [0.2, 0.25) is 0 Å². The zero-order valence-corrected chi connectivity index (χ0v) is 18.7. The molecule has 0 aromatic carbocycles. The van der Waals surface area contributed by atoms with Gasteiger partial charge in [-0.05, 0) is 19.8 Å². The first-order chi connectivity index (χ1) is 11.2. The van der Waals surface area contributed by atoms with Gasteiger partial charge in [0.25, 0.3) is 0 Å². The molecule has 1 spiro atoms. The number of nitrogens with one attached hydrogen (secondary N) is 1. The van der Waals surface area contributed by atoms with E-state index < -0.39 is 0 Å². The van der Waals surface area contributed by atoms with Gasteiger partial charge in [0, 0.05) is 54.7 Å². The van der Waals surface area contributed by atoms with Crippen LogP contribution in [0.15, 0.2) is 11.2 Å². The van der Waals surface area contributed by atoms with Crippen LogP contribution < -0.4 is 5.32 Å². The average molecular weight is 480 g/mol. The molecular weight excluding hydrogens is 451 g/mol. The number of hydrogen-bond donors (Lipinski definition) is 1. The van der Waals surface area contributed by atoms with Gasteiger partial charge in [-0.3, -0.25) is 4.99 Å². The van der Waals surface area contributed by atoms with E-state index in [1.807, 2.05) is 13.2 Å². The molecule has 3 rings (SSSR count). The van der Waals surface area contributed by atoms with Crippen LogP contribution in [0.25, 0.3) is 0 Å². The molecule has 4 nitrogen and oxygen atoms in total. The number of halogens is 1. The van der Waals surface area contributed by atoms with E-state index in [0.717, 1.165) is 32.0 Å². The maximum absolute atomic E-state index is 4.53. The quantitative estimate of drug-likeness (QED) is 0.404. The number of thiazole rings is 1. The highest BCUT2D eigenvalue weighted by Gasteiger charge is 2.38. The van der Waals surface area contributed by atoms with Crippen molar-refractivity contribution in [2.24, 2.45) is 4.99 Å². The van der Waals surface area contributed by atoms with Gasteiger partial charge in [0.1, 0.15) is 0 Å². The third kappa shape index (κ3) is 5.24. The zero-order valence-electron chi connectivity index (χ0n) is 14.7. The third-order valence-electron chi connectivity index (χ3n) is 4.82. The summed E-state index contributed by atoms with van der Waals surface area (Å²) in [6, 6.07) is 0. The molecule has 1 N–H and O–H groups in total. The van der Waals surface area contributed by atoms with Crippen LogP contribution in [-0.4, -0.2) is 53.0 Å². The number of thioether (sulfide) groups is 1. The van der Waals surface area contributed by atoms with Crippen molar-refractivity contribution in [3.8, 4) is 0 Å². The van der Waals surface area contributed by atoms with E-state index in [-0.39, 0.29) is 24.0 Å². The molecule has 1 aliphatic carbocycles. The third-order valence-corrected chi connectivity index (χ3v) is 7.32. The van der Waals surface area contributed by atoms with Gasteiger partial charge in [-0.2, -0.15) is 11.8 Å². The van der Waals surface area contributed by atoms with Crippen molar-refractivity contribution < 1.29 is 0 Å². The summed E-state index contributed by atoms with van der Waals surface area (Å²) in [6.07, 6.45) is 9.91. The summed E-state index contributed by atoms with van der Waals surface area (Å²) >= 11 is 4.00. The molecule has 0 bridgehead atoms. The van der Waals surface area contributed by atoms with E-state index >= 15 is 0 Å². The molecule has 0 atom stereocenters. The van der Waals surface area contributed by atoms with Crippen molar-refractivity contribution in [3.63, 3.8) is 0 Å². The van der Waals surface area contributed by atoms with Crippen molar-refractivity contribution in [2.45, 2.75) is 50.2 Å². The Labute approximate surface area is 171 Å². The Kier molecular flexibility index (Phi) is 8.13. The smallest absolute Gasteiger partial charge is 0.193 e. The molecule has 1 saturated carbocycles. The highest BCUT2D eigenvalue weighted by Crippen LogP contribution is 2.42. The van der Waals surface area contributed by atoms with Gasteiger partial charge in [-0.1, -0.05) is 19.3 Å². The first kappa shape index (κ1) is 20.3. The summed E-state index contributed by atoms with van der Waals surface area (Å²) in [6.45, 7) is 5.30. The molecule has 1 aromatic rings. The van der Waals surface area contributed by atoms with Crippen LogP contribution in [0.4, 0.5) is 0 Å². The van der Waals surface area contributed by atoms with Crippen molar-refractivity contribution in [2.75, 3.05) is 32.4 Å². The Morgan fingerprint density at radius 2 is 2.17 bits per heavy atom. The topological polar surface area (TPSA) is 40.5 Å². The number of aliphatic imine (C=N–C) groups is 1. The summed E-state index contributed by atoms with van der Waals surface area (Å²) < 4.78 is 0.487. The zero-order chi connectivity index (χ0) is 16.1. The SMILES string of the molecule is CN=C(NCCc1ncc(C)s1)N1CCSC2(CCCCC2)C1.I. The predicted molar refractivity (Wildman–Crippen MR) is 117 cm³/mol. The van der Waals surface area contributed by atoms with Crippen molar-refractivity contribution >= 4 is 53.0 Å². The molecule has 7 heteroatoms. The molecule has 1 saturated heterocycles. The molecule has 2 fully saturated rings. The predicted octanol–water partition coefficient (Wildman–Crippen LogP) is 3.94. The first-order valence-corrected chi connectivity index (χ1v) is 10.5. The minimum Gasteiger partial charge on any atom is -0.356 e. The normalized spacial score (nSPS) is 20.8. The van der Waals surface area contributed by atoms with Gasteiger partial charge in [0.15, 0.2) is 5.96 Å². The monoisotopic (exact) mass is 480 g/mol. The standard InChI is InChI=1S/C17H28N4S2.HI/c1-14-12-20-15(23-14)6-9-19-16(18-2)21-10-11-22-17(13-21)7-4-3-5-8-17;/h12H,3-11,13H2,1-2H3,(H,18,19);1H. The van der Waals surface area contributed by atoms with Crippen molar-refractivity contribution in [3.05, 3.63) is 16.1 Å². The summed E-state index contributed by atoms with van der Waals surface area (Å²) in [5.41, 5.74) is 0. The van der Waals surface area contributed by atoms with E-state index in [9.17, 15) is 0 Å². The number of rotatable bonds is 3. The molecule has 1 aromatic heterocycles. The van der Waals surface area contributed by atoms with Gasteiger partial charge < -0.3 is 10.2 Å². The Hall–Kier alpha value is -0.0200. The highest BCUT2D eigenvalue weighted by molar-refractivity contribution is 14.0. The lowest BCUT2D eigenvalue weighted by atomic mass is 9.87. The number of aryl methyl sites for hydroxylation is 1. The van der Waals surface area contributed by atoms with Gasteiger partial charge in [0.05, 0.1) is 5.01 Å². The summed E-state index contributed by atoms with van der Waals surface area (Å²) in [5.74, 6) is 2.30. The first-order valence-electron chi connectivity index (χ1n) is 8.72. The molecule has 0 unspecified atom stereocenters. The second-order valence-corrected chi connectivity index (χ2v) is 9.48. The summed E-state index contributed by atoms with van der Waals surface area (Å²) in [7, 11) is 1.91. The average Bonchev–Trinajstić information content (AvgIpc) is 2.98. The minimum atomic E-state index is 0. The van der Waals surface area contributed by atoms with Crippen LogP contribution in [0.3, 0.4) is 0 Å². The van der Waals surface area contributed by atoms with Gasteiger partial charge in [-0.15, -0.1) is 35.3 Å². The number of aromatic nitrogens is 1. The fraction of sp³-hybridized carbons (Fsp3) is 0.765. The van der Waals surface area contributed by atoms with Gasteiger partial charge >= 0.3 is 0 Å². The van der Waals surface area contributed by atoms with E-state index in [1.54, 1.807) is 11.3 Å². The molecule has 2 heterocycles. The van der Waals surface area contributed by atoms with E-state index in [1.165, 1.54) is 47.7 Å². The van der Waals surface area contributed by atoms with Crippen LogP contribution >= 0.6 is 47.1 Å². The Bertz CT molecular complexity index is 535. The maximum atomic E-state index is 4.53. The molecular formula is C17H29IN4S2.